The lowest BCUT2D eigenvalue weighted by molar-refractivity contribution is -0.146. The molecule has 1 unspecified atom stereocenters. The molecule has 0 saturated heterocycles. The monoisotopic (exact) mass is 295 g/mol. The van der Waals surface area contributed by atoms with Crippen molar-refractivity contribution in [1.29, 1.82) is 0 Å². The van der Waals surface area contributed by atoms with Gasteiger partial charge in [0.15, 0.2) is 0 Å². The highest BCUT2D eigenvalue weighted by Gasteiger charge is 2.10. The van der Waals surface area contributed by atoms with Crippen LogP contribution in [0.25, 0.3) is 0 Å². The van der Waals surface area contributed by atoms with Gasteiger partial charge in [0.2, 0.25) is 5.91 Å². The van der Waals surface area contributed by atoms with E-state index in [-0.39, 0.29) is 18.0 Å². The summed E-state index contributed by atoms with van der Waals surface area (Å²) in [6, 6.07) is 0. The highest BCUT2D eigenvalue weighted by Crippen LogP contribution is 2.07. The Morgan fingerprint density at radius 1 is 1.10 bits per heavy atom. The van der Waals surface area contributed by atoms with Crippen molar-refractivity contribution in [3.8, 4) is 0 Å². The van der Waals surface area contributed by atoms with Gasteiger partial charge < -0.3 is 10.1 Å². The number of hydrogen-bond acceptors (Lipinski definition) is 3. The molecule has 0 heterocycles. The van der Waals surface area contributed by atoms with Gasteiger partial charge in [-0.15, -0.1) is 6.58 Å². The van der Waals surface area contributed by atoms with Crippen molar-refractivity contribution in [2.24, 2.45) is 0 Å². The zero-order valence-corrected chi connectivity index (χ0v) is 13.4. The number of carbonyl (C=O) groups excluding carboxylic acids is 2. The number of hydrogen-bond donors (Lipinski definition) is 1. The fraction of sp³-hybridized carbons (Fsp3) is 0.647. The molecule has 1 atom stereocenters. The number of carbonyl (C=O) groups is 2. The summed E-state index contributed by atoms with van der Waals surface area (Å²) in [6.45, 7) is 6.90. The maximum Gasteiger partial charge on any atom is 0.302 e. The van der Waals surface area contributed by atoms with E-state index in [1.807, 2.05) is 12.2 Å². The highest BCUT2D eigenvalue weighted by atomic mass is 16.5. The Bertz CT molecular complexity index is 337. The molecule has 0 radical (unpaired) electrons. The van der Waals surface area contributed by atoms with E-state index in [2.05, 4.69) is 18.0 Å². The highest BCUT2D eigenvalue weighted by molar-refractivity contribution is 5.72. The first-order chi connectivity index (χ1) is 10.1. The van der Waals surface area contributed by atoms with Gasteiger partial charge in [-0.3, -0.25) is 9.59 Å². The molecule has 0 aliphatic rings. The number of rotatable bonds is 12. The summed E-state index contributed by atoms with van der Waals surface area (Å²) in [6.07, 6.45) is 13.5. The second-order valence-corrected chi connectivity index (χ2v) is 5.16. The average molecular weight is 295 g/mol. The lowest BCUT2D eigenvalue weighted by atomic mass is 10.1. The number of nitrogens with one attached hydrogen (secondary N) is 1. The van der Waals surface area contributed by atoms with E-state index in [9.17, 15) is 9.59 Å². The predicted octanol–water partition coefficient (Wildman–Crippen LogP) is 3.53. The van der Waals surface area contributed by atoms with Crippen LogP contribution in [0.1, 0.15) is 58.8 Å². The van der Waals surface area contributed by atoms with Crippen molar-refractivity contribution in [2.75, 3.05) is 6.54 Å². The van der Waals surface area contributed by atoms with Crippen LogP contribution >= 0.6 is 0 Å². The minimum Gasteiger partial charge on any atom is -0.460 e. The molecule has 0 fully saturated rings. The lowest BCUT2D eigenvalue weighted by Crippen LogP contribution is -2.32. The molecule has 0 saturated carbocycles. The summed E-state index contributed by atoms with van der Waals surface area (Å²) in [5, 5.41) is 2.67. The van der Waals surface area contributed by atoms with Crippen LogP contribution < -0.4 is 5.32 Å². The zero-order chi connectivity index (χ0) is 15.9. The van der Waals surface area contributed by atoms with Gasteiger partial charge in [-0.1, -0.05) is 31.1 Å². The maximum atomic E-state index is 11.0. The quantitative estimate of drug-likeness (QED) is 0.340. The molecule has 1 N–H and O–H groups in total. The van der Waals surface area contributed by atoms with E-state index in [1.54, 1.807) is 0 Å². The minimum absolute atomic E-state index is 0.115. The Morgan fingerprint density at radius 2 is 1.76 bits per heavy atom. The second kappa shape index (κ2) is 13.4. The van der Waals surface area contributed by atoms with Crippen LogP contribution in [0.5, 0.6) is 0 Å². The topological polar surface area (TPSA) is 55.4 Å². The van der Waals surface area contributed by atoms with Crippen molar-refractivity contribution < 1.29 is 14.3 Å². The molecule has 0 bridgehead atoms. The number of esters is 1. The van der Waals surface area contributed by atoms with Gasteiger partial charge in [-0.25, -0.2) is 0 Å². The van der Waals surface area contributed by atoms with Gasteiger partial charge in [-0.05, 0) is 25.7 Å². The Balaban J connectivity index is 3.78. The van der Waals surface area contributed by atoms with Crippen molar-refractivity contribution in [3.05, 3.63) is 24.8 Å². The molecule has 1 amide bonds. The predicted molar refractivity (Wildman–Crippen MR) is 85.9 cm³/mol. The third-order valence-corrected chi connectivity index (χ3v) is 3.01. The SMILES string of the molecule is C=CCCCCCC/C=C/CC(CNC(C)=O)OC(C)=O. The fourth-order valence-corrected chi connectivity index (χ4v) is 1.94. The first kappa shape index (κ1) is 19.4. The largest absolute Gasteiger partial charge is 0.460 e. The van der Waals surface area contributed by atoms with Crippen LogP contribution in [0.4, 0.5) is 0 Å². The molecular formula is C17H29NO3. The summed E-state index contributed by atoms with van der Waals surface area (Å²) >= 11 is 0. The summed E-state index contributed by atoms with van der Waals surface area (Å²) in [7, 11) is 0. The molecule has 0 spiro atoms. The summed E-state index contributed by atoms with van der Waals surface area (Å²) in [5.41, 5.74) is 0. The Kier molecular flexibility index (Phi) is 12.4. The van der Waals surface area contributed by atoms with E-state index in [0.717, 1.165) is 12.8 Å². The molecule has 4 heteroatoms. The van der Waals surface area contributed by atoms with E-state index in [0.29, 0.717) is 13.0 Å². The zero-order valence-electron chi connectivity index (χ0n) is 13.4. The van der Waals surface area contributed by atoms with Crippen molar-refractivity contribution >= 4 is 11.9 Å². The Labute approximate surface area is 128 Å². The van der Waals surface area contributed by atoms with Gasteiger partial charge in [0.1, 0.15) is 6.10 Å². The summed E-state index contributed by atoms with van der Waals surface area (Å²) in [4.78, 5) is 21.9. The molecule has 0 aromatic rings. The molecule has 21 heavy (non-hydrogen) atoms. The van der Waals surface area contributed by atoms with Gasteiger partial charge in [-0.2, -0.15) is 0 Å². The van der Waals surface area contributed by atoms with Crippen LogP contribution in [0, 0.1) is 0 Å². The maximum absolute atomic E-state index is 11.0. The van der Waals surface area contributed by atoms with Gasteiger partial charge in [0, 0.05) is 20.3 Å². The molecule has 0 aliphatic carbocycles. The van der Waals surface area contributed by atoms with E-state index < -0.39 is 0 Å². The average Bonchev–Trinajstić information content (AvgIpc) is 2.42. The third-order valence-electron chi connectivity index (χ3n) is 3.01. The molecule has 0 rings (SSSR count). The third kappa shape index (κ3) is 14.6. The first-order valence-electron chi connectivity index (χ1n) is 7.73. The van der Waals surface area contributed by atoms with Gasteiger partial charge in [0.25, 0.3) is 0 Å². The smallest absolute Gasteiger partial charge is 0.302 e. The second-order valence-electron chi connectivity index (χ2n) is 5.16. The number of unbranched alkanes of at least 4 members (excludes halogenated alkanes) is 5. The molecule has 0 aromatic carbocycles. The standard InChI is InChI=1S/C17H29NO3/c1-4-5-6-7-8-9-10-11-12-13-17(21-16(3)20)14-18-15(2)19/h4,11-12,17H,1,5-10,13-14H2,2-3H3,(H,18,19)/b12-11+. The van der Waals surface area contributed by atoms with Crippen LogP contribution in [0.2, 0.25) is 0 Å². The minimum atomic E-state index is -0.319. The first-order valence-corrected chi connectivity index (χ1v) is 7.73. The number of allylic oxidation sites excluding steroid dienone is 2. The number of amides is 1. The molecular weight excluding hydrogens is 266 g/mol. The van der Waals surface area contributed by atoms with Gasteiger partial charge >= 0.3 is 5.97 Å². The van der Waals surface area contributed by atoms with E-state index in [1.165, 1.54) is 39.5 Å². The molecule has 0 aromatic heterocycles. The molecule has 120 valence electrons. The van der Waals surface area contributed by atoms with Crippen molar-refractivity contribution in [1.82, 2.24) is 5.32 Å². The Hall–Kier alpha value is -1.58. The normalized spacial score (nSPS) is 12.1. The lowest BCUT2D eigenvalue weighted by Gasteiger charge is -2.15. The van der Waals surface area contributed by atoms with Gasteiger partial charge in [0.05, 0.1) is 6.54 Å². The van der Waals surface area contributed by atoms with Crippen LogP contribution in [0.15, 0.2) is 24.8 Å². The number of ether oxygens (including phenoxy) is 1. The molecule has 4 nitrogen and oxygen atoms in total. The fourth-order valence-electron chi connectivity index (χ4n) is 1.94. The van der Waals surface area contributed by atoms with Crippen molar-refractivity contribution in [2.45, 2.75) is 64.9 Å². The van der Waals surface area contributed by atoms with E-state index in [4.69, 9.17) is 4.74 Å². The van der Waals surface area contributed by atoms with Crippen LogP contribution in [0.3, 0.4) is 0 Å². The van der Waals surface area contributed by atoms with E-state index >= 15 is 0 Å². The van der Waals surface area contributed by atoms with Crippen LogP contribution in [-0.2, 0) is 14.3 Å². The summed E-state index contributed by atoms with van der Waals surface area (Å²) < 4.78 is 5.16. The summed E-state index contributed by atoms with van der Waals surface area (Å²) in [5.74, 6) is -0.434. The molecule has 0 aliphatic heterocycles. The van der Waals surface area contributed by atoms with Crippen LogP contribution in [-0.4, -0.2) is 24.5 Å². The Morgan fingerprint density at radius 3 is 2.33 bits per heavy atom. The van der Waals surface area contributed by atoms with Crippen molar-refractivity contribution in [3.63, 3.8) is 0 Å².